The molecule has 6 nitrogen and oxygen atoms in total. The molecule has 0 aliphatic rings. The molecule has 0 heterocycles. The third-order valence-electron chi connectivity index (χ3n) is 4.62. The third kappa shape index (κ3) is 8.18. The molecule has 0 saturated carbocycles. The van der Waals surface area contributed by atoms with Crippen molar-refractivity contribution in [1.82, 2.24) is 0 Å². The van der Waals surface area contributed by atoms with Gasteiger partial charge in [-0.15, -0.1) is 0 Å². The Kier molecular flexibility index (Phi) is 9.48. The summed E-state index contributed by atoms with van der Waals surface area (Å²) in [5, 5.41) is 0. The molecule has 0 amide bonds. The maximum Gasteiger partial charge on any atom is 0.297 e. The zero-order valence-corrected chi connectivity index (χ0v) is 19.1. The van der Waals surface area contributed by atoms with Gasteiger partial charge in [0, 0.05) is 0 Å². The van der Waals surface area contributed by atoms with Crippen LogP contribution in [0.1, 0.15) is 52.4 Å². The van der Waals surface area contributed by atoms with Crippen molar-refractivity contribution in [3.8, 4) is 0 Å². The Hall–Kier alpha value is -1.74. The monoisotopic (exact) mass is 454 g/mol. The maximum absolute atomic E-state index is 12.2. The molecule has 0 bridgehead atoms. The molecular weight excluding hydrogens is 424 g/mol. The molecule has 2 unspecified atom stereocenters. The van der Waals surface area contributed by atoms with Crippen LogP contribution in [0.15, 0.2) is 70.5 Å². The summed E-state index contributed by atoms with van der Waals surface area (Å²) in [7, 11) is -7.46. The van der Waals surface area contributed by atoms with Gasteiger partial charge in [0.2, 0.25) is 0 Å². The second kappa shape index (κ2) is 11.6. The van der Waals surface area contributed by atoms with Crippen molar-refractivity contribution in [1.29, 1.82) is 0 Å². The first kappa shape index (κ1) is 24.5. The summed E-state index contributed by atoms with van der Waals surface area (Å²) in [4.78, 5) is 0.326. The Morgan fingerprint density at radius 3 is 1.27 bits per heavy atom. The Labute approximate surface area is 180 Å². The van der Waals surface area contributed by atoms with Crippen LogP contribution in [-0.2, 0) is 28.6 Å². The minimum atomic E-state index is -3.73. The van der Waals surface area contributed by atoms with E-state index in [0.29, 0.717) is 12.8 Å². The molecule has 0 aliphatic heterocycles. The van der Waals surface area contributed by atoms with E-state index in [1.165, 1.54) is 24.3 Å². The number of unbranched alkanes of at least 4 members (excludes halogenated alkanes) is 3. The predicted molar refractivity (Wildman–Crippen MR) is 116 cm³/mol. The molecule has 2 aromatic carbocycles. The van der Waals surface area contributed by atoms with Gasteiger partial charge in [-0.3, -0.25) is 8.37 Å². The van der Waals surface area contributed by atoms with Crippen LogP contribution in [0, 0.1) is 0 Å². The van der Waals surface area contributed by atoms with Crippen LogP contribution >= 0.6 is 0 Å². The van der Waals surface area contributed by atoms with Crippen LogP contribution < -0.4 is 0 Å². The lowest BCUT2D eigenvalue weighted by molar-refractivity contribution is 0.207. The van der Waals surface area contributed by atoms with E-state index >= 15 is 0 Å². The molecule has 0 radical (unpaired) electrons. The largest absolute Gasteiger partial charge is 0.297 e. The van der Waals surface area contributed by atoms with E-state index in [1.54, 1.807) is 50.2 Å². The number of rotatable bonds is 13. The lowest BCUT2D eigenvalue weighted by Crippen LogP contribution is -2.16. The molecule has 166 valence electrons. The van der Waals surface area contributed by atoms with Crippen molar-refractivity contribution < 1.29 is 25.2 Å². The lowest BCUT2D eigenvalue weighted by Gasteiger charge is -2.14. The molecule has 0 aromatic heterocycles. The van der Waals surface area contributed by atoms with Crippen molar-refractivity contribution in [2.75, 3.05) is 0 Å². The first-order chi connectivity index (χ1) is 14.2. The third-order valence-corrected chi connectivity index (χ3v) is 7.48. The minimum absolute atomic E-state index is 0.163. The molecular formula is C22H30O6S2. The zero-order valence-electron chi connectivity index (χ0n) is 17.4. The summed E-state index contributed by atoms with van der Waals surface area (Å²) in [5.74, 6) is 0. The molecule has 2 aromatic rings. The Balaban J connectivity index is 1.62. The summed E-state index contributed by atoms with van der Waals surface area (Å²) in [5.41, 5.74) is 0. The molecule has 0 spiro atoms. The van der Waals surface area contributed by atoms with E-state index in [4.69, 9.17) is 8.37 Å². The highest BCUT2D eigenvalue weighted by molar-refractivity contribution is 7.87. The molecule has 0 fully saturated rings. The average molecular weight is 455 g/mol. The second-order valence-electron chi connectivity index (χ2n) is 7.34. The smallest absolute Gasteiger partial charge is 0.263 e. The summed E-state index contributed by atoms with van der Waals surface area (Å²) < 4.78 is 59.2. The lowest BCUT2D eigenvalue weighted by atomic mass is 10.1. The van der Waals surface area contributed by atoms with Gasteiger partial charge in [0.05, 0.1) is 22.0 Å². The Morgan fingerprint density at radius 1 is 0.600 bits per heavy atom. The quantitative estimate of drug-likeness (QED) is 0.315. The van der Waals surface area contributed by atoms with Gasteiger partial charge < -0.3 is 0 Å². The fourth-order valence-corrected chi connectivity index (χ4v) is 5.29. The van der Waals surface area contributed by atoms with Gasteiger partial charge in [-0.1, -0.05) is 62.1 Å². The normalized spacial score (nSPS) is 14.3. The van der Waals surface area contributed by atoms with Crippen LogP contribution in [0.3, 0.4) is 0 Å². The van der Waals surface area contributed by atoms with Gasteiger partial charge in [0.15, 0.2) is 0 Å². The van der Waals surface area contributed by atoms with Gasteiger partial charge >= 0.3 is 0 Å². The number of hydrogen-bond acceptors (Lipinski definition) is 6. The Morgan fingerprint density at radius 2 is 0.933 bits per heavy atom. The predicted octanol–water partition coefficient (Wildman–Crippen LogP) is 4.92. The summed E-state index contributed by atoms with van der Waals surface area (Å²) in [6.45, 7) is 3.51. The van der Waals surface area contributed by atoms with Gasteiger partial charge in [0.1, 0.15) is 0 Å². The topological polar surface area (TPSA) is 86.7 Å². The van der Waals surface area contributed by atoms with E-state index in [-0.39, 0.29) is 9.79 Å². The highest BCUT2D eigenvalue weighted by atomic mass is 32.2. The number of benzene rings is 2. The van der Waals surface area contributed by atoms with E-state index in [0.717, 1.165) is 25.7 Å². The molecule has 0 saturated heterocycles. The van der Waals surface area contributed by atoms with E-state index in [2.05, 4.69) is 0 Å². The SMILES string of the molecule is CC(CCCCCCC(C)OS(=O)(=O)c1ccccc1)OS(=O)(=O)c1ccccc1. The van der Waals surface area contributed by atoms with Crippen LogP contribution in [-0.4, -0.2) is 29.0 Å². The highest BCUT2D eigenvalue weighted by Gasteiger charge is 2.19. The molecule has 8 heteroatoms. The summed E-state index contributed by atoms with van der Waals surface area (Å²) in [6, 6.07) is 16.2. The van der Waals surface area contributed by atoms with Crippen LogP contribution in [0.25, 0.3) is 0 Å². The van der Waals surface area contributed by atoms with Gasteiger partial charge in [-0.05, 0) is 51.0 Å². The first-order valence-corrected chi connectivity index (χ1v) is 13.0. The molecule has 30 heavy (non-hydrogen) atoms. The maximum atomic E-state index is 12.2. The standard InChI is InChI=1S/C22H30O6S2/c1-19(27-29(23,24)21-15-9-5-10-16-21)13-7-3-4-8-14-20(2)28-30(25,26)22-17-11-6-12-18-22/h5-6,9-12,15-20H,3-4,7-8,13-14H2,1-2H3. The molecule has 2 atom stereocenters. The van der Waals surface area contributed by atoms with Gasteiger partial charge in [-0.2, -0.15) is 16.8 Å². The molecule has 0 N–H and O–H groups in total. The summed E-state index contributed by atoms with van der Waals surface area (Å²) >= 11 is 0. The van der Waals surface area contributed by atoms with Crippen molar-refractivity contribution in [2.45, 2.75) is 74.4 Å². The van der Waals surface area contributed by atoms with Crippen molar-refractivity contribution >= 4 is 20.2 Å². The van der Waals surface area contributed by atoms with Gasteiger partial charge in [-0.25, -0.2) is 0 Å². The van der Waals surface area contributed by atoms with E-state index in [9.17, 15) is 16.8 Å². The minimum Gasteiger partial charge on any atom is -0.263 e. The average Bonchev–Trinajstić information content (AvgIpc) is 2.71. The zero-order chi connectivity index (χ0) is 22.0. The van der Waals surface area contributed by atoms with Crippen LogP contribution in [0.4, 0.5) is 0 Å². The fourth-order valence-electron chi connectivity index (χ4n) is 3.03. The fraction of sp³-hybridized carbons (Fsp3) is 0.455. The second-order valence-corrected chi connectivity index (χ2v) is 10.5. The molecule has 2 rings (SSSR count). The van der Waals surface area contributed by atoms with E-state index in [1.807, 2.05) is 0 Å². The van der Waals surface area contributed by atoms with Crippen molar-refractivity contribution in [2.24, 2.45) is 0 Å². The van der Waals surface area contributed by atoms with Gasteiger partial charge in [0.25, 0.3) is 20.2 Å². The Bertz CT molecular complexity index is 876. The van der Waals surface area contributed by atoms with Crippen molar-refractivity contribution in [3.63, 3.8) is 0 Å². The number of hydrogen-bond donors (Lipinski definition) is 0. The highest BCUT2D eigenvalue weighted by Crippen LogP contribution is 2.19. The summed E-state index contributed by atoms with van der Waals surface area (Å²) in [6.07, 6.45) is 3.99. The van der Waals surface area contributed by atoms with Crippen LogP contribution in [0.2, 0.25) is 0 Å². The van der Waals surface area contributed by atoms with E-state index < -0.39 is 32.4 Å². The van der Waals surface area contributed by atoms with Crippen molar-refractivity contribution in [3.05, 3.63) is 60.7 Å². The van der Waals surface area contributed by atoms with Crippen LogP contribution in [0.5, 0.6) is 0 Å². The molecule has 0 aliphatic carbocycles. The first-order valence-electron chi connectivity index (χ1n) is 10.2.